The molecule has 3 rings (SSSR count). The molecule has 1 aliphatic rings. The van der Waals surface area contributed by atoms with Crippen LogP contribution in [0.15, 0.2) is 59.2 Å². The fourth-order valence-corrected chi connectivity index (χ4v) is 3.31. The van der Waals surface area contributed by atoms with Crippen LogP contribution in [0.3, 0.4) is 0 Å². The van der Waals surface area contributed by atoms with E-state index in [9.17, 15) is 13.6 Å². The van der Waals surface area contributed by atoms with Gasteiger partial charge in [0.05, 0.1) is 23.6 Å². The number of halogens is 2. The van der Waals surface area contributed by atoms with Gasteiger partial charge in [0.15, 0.2) is 5.82 Å². The van der Waals surface area contributed by atoms with Gasteiger partial charge in [0.2, 0.25) is 0 Å². The Morgan fingerprint density at radius 2 is 2.10 bits per heavy atom. The third-order valence-corrected chi connectivity index (χ3v) is 4.90. The number of aliphatic imine (C=N–C) groups is 1. The van der Waals surface area contributed by atoms with Gasteiger partial charge in [0.1, 0.15) is 11.6 Å². The fraction of sp³-hybridized carbons (Fsp3) is 0.261. The van der Waals surface area contributed by atoms with Crippen LogP contribution in [0, 0.1) is 11.6 Å². The Morgan fingerprint density at radius 1 is 1.32 bits per heavy atom. The maximum atomic E-state index is 14.1. The van der Waals surface area contributed by atoms with E-state index < -0.39 is 17.7 Å². The highest BCUT2D eigenvalue weighted by atomic mass is 19.1. The van der Waals surface area contributed by atoms with Gasteiger partial charge in [-0.1, -0.05) is 26.0 Å². The lowest BCUT2D eigenvalue weighted by molar-refractivity contribution is 0.223. The summed E-state index contributed by atoms with van der Waals surface area (Å²) in [5.41, 5.74) is 9.21. The summed E-state index contributed by atoms with van der Waals surface area (Å²) in [6.07, 6.45) is 3.58. The number of nitrogen functional groups attached to an aromatic ring is 1. The molecular formula is C23H25F2N5O. The predicted octanol–water partition coefficient (Wildman–Crippen LogP) is 5.16. The molecule has 6 nitrogen and oxygen atoms in total. The number of urea groups is 1. The van der Waals surface area contributed by atoms with E-state index in [1.807, 2.05) is 6.92 Å². The summed E-state index contributed by atoms with van der Waals surface area (Å²) in [4.78, 5) is 23.3. The van der Waals surface area contributed by atoms with Crippen LogP contribution in [-0.4, -0.2) is 34.7 Å². The maximum absolute atomic E-state index is 14.1. The lowest BCUT2D eigenvalue weighted by Crippen LogP contribution is -2.34. The van der Waals surface area contributed by atoms with Crippen molar-refractivity contribution >= 4 is 23.2 Å². The zero-order valence-electron chi connectivity index (χ0n) is 17.6. The third kappa shape index (κ3) is 5.14. The third-order valence-electron chi connectivity index (χ3n) is 4.90. The first-order valence-electron chi connectivity index (χ1n) is 9.98. The predicted molar refractivity (Wildman–Crippen MR) is 120 cm³/mol. The lowest BCUT2D eigenvalue weighted by atomic mass is 10.1. The highest BCUT2D eigenvalue weighted by molar-refractivity contribution is 5.92. The summed E-state index contributed by atoms with van der Waals surface area (Å²) in [5.74, 6) is -1.33. The van der Waals surface area contributed by atoms with Crippen molar-refractivity contribution in [1.82, 2.24) is 9.88 Å². The van der Waals surface area contributed by atoms with Gasteiger partial charge < -0.3 is 10.6 Å². The van der Waals surface area contributed by atoms with Gasteiger partial charge >= 0.3 is 6.03 Å². The van der Waals surface area contributed by atoms with Crippen LogP contribution in [0.4, 0.5) is 25.1 Å². The standard InChI is InChI=1S/C23H25F2N5O/c1-4-6-14(3)27-21-13-30(12-15(21)5-2)23(31)29-22-19(26)9-10-20(28-22)17-8-7-16(24)11-18(17)25/h5,7-11H,2,4,6,12-13,26H2,1,3H3,(H,28,29,31)/b27-14-. The molecule has 0 saturated heterocycles. The molecule has 2 heterocycles. The molecule has 2 amide bonds. The number of rotatable bonds is 6. The number of benzene rings is 1. The van der Waals surface area contributed by atoms with Gasteiger partial charge in [-0.3, -0.25) is 10.3 Å². The van der Waals surface area contributed by atoms with Crippen molar-refractivity contribution < 1.29 is 13.6 Å². The molecule has 1 aromatic heterocycles. The van der Waals surface area contributed by atoms with Crippen molar-refractivity contribution in [2.75, 3.05) is 24.1 Å². The normalized spacial score (nSPS) is 14.2. The van der Waals surface area contributed by atoms with Crippen molar-refractivity contribution in [2.45, 2.75) is 26.7 Å². The van der Waals surface area contributed by atoms with Crippen molar-refractivity contribution in [1.29, 1.82) is 0 Å². The van der Waals surface area contributed by atoms with Gasteiger partial charge in [0.25, 0.3) is 0 Å². The minimum atomic E-state index is -0.751. The Labute approximate surface area is 180 Å². The Morgan fingerprint density at radius 3 is 2.77 bits per heavy atom. The number of carbonyl (C=O) groups is 1. The van der Waals surface area contributed by atoms with Gasteiger partial charge in [-0.15, -0.1) is 0 Å². The van der Waals surface area contributed by atoms with Gasteiger partial charge in [-0.05, 0) is 43.2 Å². The van der Waals surface area contributed by atoms with E-state index in [0.717, 1.165) is 42.0 Å². The minimum absolute atomic E-state index is 0.102. The second-order valence-electron chi connectivity index (χ2n) is 7.32. The monoisotopic (exact) mass is 425 g/mol. The first-order valence-corrected chi connectivity index (χ1v) is 9.98. The number of anilines is 2. The molecule has 0 radical (unpaired) electrons. The number of nitrogens with two attached hydrogens (primary N) is 1. The van der Waals surface area contributed by atoms with Crippen LogP contribution in [0.25, 0.3) is 11.3 Å². The Kier molecular flexibility index (Phi) is 6.79. The molecule has 1 aromatic carbocycles. The maximum Gasteiger partial charge on any atom is 0.323 e. The van der Waals surface area contributed by atoms with Crippen LogP contribution in [0.1, 0.15) is 26.7 Å². The fourth-order valence-electron chi connectivity index (χ4n) is 3.31. The molecule has 0 bridgehead atoms. The molecule has 0 spiro atoms. The molecule has 0 aliphatic carbocycles. The summed E-state index contributed by atoms with van der Waals surface area (Å²) in [6.45, 7) is 8.56. The topological polar surface area (TPSA) is 83.6 Å². The van der Waals surface area contributed by atoms with Crippen molar-refractivity contribution in [2.24, 2.45) is 4.99 Å². The number of hydrogen-bond donors (Lipinski definition) is 2. The smallest absolute Gasteiger partial charge is 0.323 e. The van der Waals surface area contributed by atoms with Gasteiger partial charge in [0, 0.05) is 23.9 Å². The van der Waals surface area contributed by atoms with Gasteiger partial charge in [-0.25, -0.2) is 18.6 Å². The summed E-state index contributed by atoms with van der Waals surface area (Å²) in [5, 5.41) is 2.68. The zero-order valence-corrected chi connectivity index (χ0v) is 17.6. The molecule has 8 heteroatoms. The van der Waals surface area contributed by atoms with Gasteiger partial charge in [-0.2, -0.15) is 0 Å². The number of pyridine rings is 1. The molecule has 2 aromatic rings. The van der Waals surface area contributed by atoms with E-state index in [4.69, 9.17) is 5.73 Å². The minimum Gasteiger partial charge on any atom is -0.396 e. The summed E-state index contributed by atoms with van der Waals surface area (Å²) < 4.78 is 27.3. The van der Waals surface area contributed by atoms with E-state index in [0.29, 0.717) is 13.1 Å². The van der Waals surface area contributed by atoms with E-state index >= 15 is 0 Å². The first-order chi connectivity index (χ1) is 14.8. The highest BCUT2D eigenvalue weighted by Crippen LogP contribution is 2.27. The molecule has 3 N–H and O–H groups in total. The molecule has 1 aliphatic heterocycles. The Bertz CT molecular complexity index is 1080. The highest BCUT2D eigenvalue weighted by Gasteiger charge is 2.25. The molecular weight excluding hydrogens is 400 g/mol. The average Bonchev–Trinajstić information content (AvgIpc) is 3.13. The molecule has 0 fully saturated rings. The number of amides is 2. The number of nitrogens with zero attached hydrogens (tertiary/aromatic N) is 3. The van der Waals surface area contributed by atoms with Crippen molar-refractivity contribution in [3.05, 3.63) is 65.9 Å². The quantitative estimate of drug-likeness (QED) is 0.627. The summed E-state index contributed by atoms with van der Waals surface area (Å²) >= 11 is 0. The largest absolute Gasteiger partial charge is 0.396 e. The molecule has 162 valence electrons. The van der Waals surface area contributed by atoms with E-state index in [2.05, 4.69) is 28.8 Å². The number of aromatic nitrogens is 1. The Balaban J connectivity index is 1.78. The van der Waals surface area contributed by atoms with E-state index in [-0.39, 0.29) is 22.8 Å². The Hall–Kier alpha value is -3.55. The van der Waals surface area contributed by atoms with Crippen LogP contribution in [0.5, 0.6) is 0 Å². The second-order valence-corrected chi connectivity index (χ2v) is 7.32. The SMILES string of the molecule is C=CC1=C(/N=C(/C)CCC)CN(C(=O)Nc2nc(-c3ccc(F)cc3F)ccc2N)C1. The zero-order chi connectivity index (χ0) is 22.5. The summed E-state index contributed by atoms with van der Waals surface area (Å²) in [7, 11) is 0. The van der Waals surface area contributed by atoms with Crippen molar-refractivity contribution in [3.63, 3.8) is 0 Å². The second kappa shape index (κ2) is 9.51. The van der Waals surface area contributed by atoms with Crippen LogP contribution in [0.2, 0.25) is 0 Å². The first kappa shape index (κ1) is 22.1. The van der Waals surface area contributed by atoms with E-state index in [1.165, 1.54) is 18.2 Å². The van der Waals surface area contributed by atoms with Crippen molar-refractivity contribution in [3.8, 4) is 11.3 Å². The molecule has 0 atom stereocenters. The van der Waals surface area contributed by atoms with Crippen LogP contribution < -0.4 is 11.1 Å². The molecule has 0 unspecified atom stereocenters. The summed E-state index contributed by atoms with van der Waals surface area (Å²) in [6, 6.07) is 5.83. The molecule has 0 saturated carbocycles. The number of nitrogens with one attached hydrogen (secondary N) is 1. The number of hydrogen-bond acceptors (Lipinski definition) is 4. The lowest BCUT2D eigenvalue weighted by Gasteiger charge is -2.18. The number of carbonyl (C=O) groups excluding carboxylic acids is 1. The van der Waals surface area contributed by atoms with E-state index in [1.54, 1.807) is 11.0 Å². The van der Waals surface area contributed by atoms with Crippen LogP contribution in [-0.2, 0) is 0 Å². The van der Waals surface area contributed by atoms with Crippen LogP contribution >= 0.6 is 0 Å². The average molecular weight is 425 g/mol. The molecule has 31 heavy (non-hydrogen) atoms.